The Morgan fingerprint density at radius 3 is 2.62 bits per heavy atom. The van der Waals surface area contributed by atoms with Gasteiger partial charge in [-0.25, -0.2) is 0 Å². The fourth-order valence-electron chi connectivity index (χ4n) is 2.81. The van der Waals surface area contributed by atoms with Gasteiger partial charge < -0.3 is 4.74 Å². The molecule has 0 bridgehead atoms. The lowest BCUT2D eigenvalue weighted by Crippen LogP contribution is -2.32. The van der Waals surface area contributed by atoms with Crippen LogP contribution >= 0.6 is 0 Å². The highest BCUT2D eigenvalue weighted by Gasteiger charge is 2.37. The van der Waals surface area contributed by atoms with Crippen LogP contribution in [0.1, 0.15) is 53.4 Å². The second-order valence-corrected chi connectivity index (χ2v) is 5.48. The molecule has 0 fully saturated rings. The van der Waals surface area contributed by atoms with E-state index >= 15 is 0 Å². The van der Waals surface area contributed by atoms with Gasteiger partial charge in [-0.3, -0.25) is 4.79 Å². The Bertz CT molecular complexity index is 300. The Labute approximate surface area is 99.1 Å². The molecule has 0 aromatic rings. The third-order valence-corrected chi connectivity index (χ3v) is 4.04. The van der Waals surface area contributed by atoms with Crippen molar-refractivity contribution in [3.05, 3.63) is 11.1 Å². The molecule has 0 amide bonds. The van der Waals surface area contributed by atoms with E-state index in [1.807, 2.05) is 0 Å². The fourth-order valence-corrected chi connectivity index (χ4v) is 2.81. The smallest absolute Gasteiger partial charge is 0.306 e. The summed E-state index contributed by atoms with van der Waals surface area (Å²) in [6, 6.07) is 0. The number of hydrogen-bond donors (Lipinski definition) is 0. The van der Waals surface area contributed by atoms with E-state index < -0.39 is 0 Å². The van der Waals surface area contributed by atoms with Crippen LogP contribution in [-0.4, -0.2) is 13.1 Å². The lowest BCUT2D eigenvalue weighted by molar-refractivity contribution is -0.142. The molecule has 0 saturated carbocycles. The molecule has 0 saturated heterocycles. The van der Waals surface area contributed by atoms with Gasteiger partial charge in [-0.15, -0.1) is 0 Å². The highest BCUT2D eigenvalue weighted by molar-refractivity contribution is 5.70. The monoisotopic (exact) mass is 224 g/mol. The van der Waals surface area contributed by atoms with Crippen molar-refractivity contribution >= 4 is 5.97 Å². The summed E-state index contributed by atoms with van der Waals surface area (Å²) in [7, 11) is 1.47. The fraction of sp³-hybridized carbons (Fsp3) is 0.786. The number of rotatable bonds is 3. The molecule has 2 nitrogen and oxygen atoms in total. The Kier molecular flexibility index (Phi) is 4.17. The maximum absolute atomic E-state index is 11.5. The number of carbonyl (C=O) groups excluding carboxylic acids is 1. The summed E-state index contributed by atoms with van der Waals surface area (Å²) < 4.78 is 4.81. The van der Waals surface area contributed by atoms with Gasteiger partial charge >= 0.3 is 5.97 Å². The first-order valence-corrected chi connectivity index (χ1v) is 6.17. The van der Waals surface area contributed by atoms with E-state index in [1.54, 1.807) is 0 Å². The predicted octanol–water partition coefficient (Wildman–Crippen LogP) is 3.71. The van der Waals surface area contributed by atoms with Crippen LogP contribution in [0, 0.1) is 11.3 Å². The lowest BCUT2D eigenvalue weighted by atomic mass is 9.64. The van der Waals surface area contributed by atoms with Crippen molar-refractivity contribution in [2.24, 2.45) is 11.3 Å². The molecule has 1 aliphatic carbocycles. The Morgan fingerprint density at radius 2 is 2.12 bits per heavy atom. The summed E-state index contributed by atoms with van der Waals surface area (Å²) in [5, 5.41) is 0. The van der Waals surface area contributed by atoms with Crippen LogP contribution in [0.4, 0.5) is 0 Å². The number of esters is 1. The quantitative estimate of drug-likeness (QED) is 0.539. The molecule has 0 N–H and O–H groups in total. The van der Waals surface area contributed by atoms with Crippen LogP contribution in [0.5, 0.6) is 0 Å². The van der Waals surface area contributed by atoms with Crippen molar-refractivity contribution in [1.29, 1.82) is 0 Å². The highest BCUT2D eigenvalue weighted by atomic mass is 16.5. The maximum atomic E-state index is 11.5. The molecule has 1 unspecified atom stereocenters. The van der Waals surface area contributed by atoms with Gasteiger partial charge in [0.15, 0.2) is 0 Å². The maximum Gasteiger partial charge on any atom is 0.306 e. The molecule has 0 aromatic heterocycles. The zero-order chi connectivity index (χ0) is 12.3. The summed E-state index contributed by atoms with van der Waals surface area (Å²) in [6.07, 6.45) is 3.93. The SMILES string of the molecule is CCC1=C(C)CCC(C)(C)C1CC(=O)OC. The van der Waals surface area contributed by atoms with E-state index in [1.165, 1.54) is 31.1 Å². The van der Waals surface area contributed by atoms with E-state index in [0.717, 1.165) is 6.42 Å². The summed E-state index contributed by atoms with van der Waals surface area (Å²) in [5.41, 5.74) is 3.18. The van der Waals surface area contributed by atoms with Gasteiger partial charge in [-0.05, 0) is 37.5 Å². The van der Waals surface area contributed by atoms with Crippen molar-refractivity contribution in [2.45, 2.75) is 53.4 Å². The third kappa shape index (κ3) is 2.66. The first-order chi connectivity index (χ1) is 7.42. The van der Waals surface area contributed by atoms with E-state index in [4.69, 9.17) is 4.74 Å². The summed E-state index contributed by atoms with van der Waals surface area (Å²) >= 11 is 0. The second kappa shape index (κ2) is 5.03. The van der Waals surface area contributed by atoms with Crippen molar-refractivity contribution in [2.75, 3.05) is 7.11 Å². The zero-order valence-electron chi connectivity index (χ0n) is 11.2. The van der Waals surface area contributed by atoms with Gasteiger partial charge in [0.1, 0.15) is 0 Å². The van der Waals surface area contributed by atoms with Gasteiger partial charge in [0.2, 0.25) is 0 Å². The van der Waals surface area contributed by atoms with Gasteiger partial charge in [-0.2, -0.15) is 0 Å². The van der Waals surface area contributed by atoms with Crippen molar-refractivity contribution in [3.8, 4) is 0 Å². The molecular formula is C14H24O2. The van der Waals surface area contributed by atoms with Crippen LogP contribution in [-0.2, 0) is 9.53 Å². The molecule has 0 aromatic carbocycles. The predicted molar refractivity (Wildman–Crippen MR) is 66.1 cm³/mol. The van der Waals surface area contributed by atoms with Crippen LogP contribution in [0.2, 0.25) is 0 Å². The minimum Gasteiger partial charge on any atom is -0.469 e. The molecule has 1 aliphatic rings. The lowest BCUT2D eigenvalue weighted by Gasteiger charge is -2.40. The number of allylic oxidation sites excluding steroid dienone is 2. The highest BCUT2D eigenvalue weighted by Crippen LogP contribution is 2.46. The molecule has 0 heterocycles. The van der Waals surface area contributed by atoms with Crippen molar-refractivity contribution < 1.29 is 9.53 Å². The van der Waals surface area contributed by atoms with Crippen LogP contribution in [0.15, 0.2) is 11.1 Å². The molecule has 92 valence electrons. The normalized spacial score (nSPS) is 24.4. The van der Waals surface area contributed by atoms with Gasteiger partial charge in [-0.1, -0.05) is 31.9 Å². The zero-order valence-corrected chi connectivity index (χ0v) is 11.2. The van der Waals surface area contributed by atoms with Crippen LogP contribution < -0.4 is 0 Å². The van der Waals surface area contributed by atoms with Gasteiger partial charge in [0.05, 0.1) is 13.5 Å². The Morgan fingerprint density at radius 1 is 1.50 bits per heavy atom. The molecule has 16 heavy (non-hydrogen) atoms. The second-order valence-electron chi connectivity index (χ2n) is 5.48. The number of carbonyl (C=O) groups is 1. The average Bonchev–Trinajstić information content (AvgIpc) is 2.24. The number of ether oxygens (including phenoxy) is 1. The molecule has 2 heteroatoms. The van der Waals surface area contributed by atoms with Gasteiger partial charge in [0.25, 0.3) is 0 Å². The first kappa shape index (κ1) is 13.3. The van der Waals surface area contributed by atoms with E-state index in [-0.39, 0.29) is 11.4 Å². The van der Waals surface area contributed by atoms with Crippen molar-refractivity contribution in [3.63, 3.8) is 0 Å². The average molecular weight is 224 g/mol. The van der Waals surface area contributed by atoms with E-state index in [0.29, 0.717) is 12.3 Å². The van der Waals surface area contributed by atoms with Gasteiger partial charge in [0, 0.05) is 0 Å². The van der Waals surface area contributed by atoms with E-state index in [9.17, 15) is 4.79 Å². The Hall–Kier alpha value is -0.790. The molecule has 0 spiro atoms. The molecule has 0 radical (unpaired) electrons. The minimum atomic E-state index is -0.0845. The van der Waals surface area contributed by atoms with Crippen LogP contribution in [0.3, 0.4) is 0 Å². The molecule has 1 atom stereocenters. The molecule has 0 aliphatic heterocycles. The first-order valence-electron chi connectivity index (χ1n) is 6.17. The Balaban J connectivity index is 2.96. The van der Waals surface area contributed by atoms with Crippen LogP contribution in [0.25, 0.3) is 0 Å². The van der Waals surface area contributed by atoms with Crippen molar-refractivity contribution in [1.82, 2.24) is 0 Å². The number of methoxy groups -OCH3 is 1. The topological polar surface area (TPSA) is 26.3 Å². The number of hydrogen-bond acceptors (Lipinski definition) is 2. The third-order valence-electron chi connectivity index (χ3n) is 4.04. The van der Waals surface area contributed by atoms with E-state index in [2.05, 4.69) is 27.7 Å². The largest absolute Gasteiger partial charge is 0.469 e. The molecular weight excluding hydrogens is 200 g/mol. The molecule has 1 rings (SSSR count). The summed E-state index contributed by atoms with van der Waals surface area (Å²) in [4.78, 5) is 11.5. The summed E-state index contributed by atoms with van der Waals surface area (Å²) in [6.45, 7) is 8.92. The minimum absolute atomic E-state index is 0.0845. The standard InChI is InChI=1S/C14H24O2/c1-6-11-10(2)7-8-14(3,4)12(11)9-13(15)16-5/h12H,6-9H2,1-5H3. The summed E-state index contributed by atoms with van der Waals surface area (Å²) in [5.74, 6) is 0.275.